The third-order valence-corrected chi connectivity index (χ3v) is 1.58. The van der Waals surface area contributed by atoms with Gasteiger partial charge in [-0.2, -0.15) is 0 Å². The van der Waals surface area contributed by atoms with Gasteiger partial charge in [0.05, 0.1) is 11.3 Å². The van der Waals surface area contributed by atoms with E-state index in [9.17, 15) is 18.0 Å². The van der Waals surface area contributed by atoms with E-state index < -0.39 is 23.6 Å². The fraction of sp³-hybridized carbons (Fsp3) is 0.125. The van der Waals surface area contributed by atoms with Gasteiger partial charge in [-0.05, 0) is 23.7 Å². The first-order valence-corrected chi connectivity index (χ1v) is 4.01. The summed E-state index contributed by atoms with van der Waals surface area (Å²) >= 11 is 0. The Kier molecular flexibility index (Phi) is 3.44. The van der Waals surface area contributed by atoms with E-state index in [4.69, 9.17) is 10.6 Å². The van der Waals surface area contributed by atoms with Crippen molar-refractivity contribution >= 4 is 11.7 Å². The number of carboxylic acids is 1. The van der Waals surface area contributed by atoms with Crippen molar-refractivity contribution < 1.29 is 27.8 Å². The first kappa shape index (κ1) is 12.7. The van der Waals surface area contributed by atoms with Crippen LogP contribution in [0.25, 0.3) is 10.4 Å². The van der Waals surface area contributed by atoms with E-state index in [-0.39, 0.29) is 5.69 Å². The van der Waals surface area contributed by atoms with Crippen LogP contribution in [-0.4, -0.2) is 17.4 Å². The maximum absolute atomic E-state index is 11.9. The molecule has 1 aromatic rings. The molecular formula is C8H4F3N3O3. The van der Waals surface area contributed by atoms with Gasteiger partial charge in [0.1, 0.15) is 5.75 Å². The summed E-state index contributed by atoms with van der Waals surface area (Å²) in [6, 6.07) is 2.40. The van der Waals surface area contributed by atoms with Crippen LogP contribution in [0, 0.1) is 0 Å². The van der Waals surface area contributed by atoms with Gasteiger partial charge in [0, 0.05) is 4.91 Å². The molecule has 1 rings (SSSR count). The van der Waals surface area contributed by atoms with E-state index in [2.05, 4.69) is 14.8 Å². The maximum Gasteiger partial charge on any atom is 0.573 e. The molecule has 0 saturated heterocycles. The molecule has 17 heavy (non-hydrogen) atoms. The molecule has 1 N–H and O–H groups in total. The van der Waals surface area contributed by atoms with Crippen molar-refractivity contribution in [2.75, 3.05) is 0 Å². The number of aromatic carboxylic acids is 1. The Bertz CT molecular complexity index is 495. The number of carbonyl (C=O) groups is 1. The van der Waals surface area contributed by atoms with Crippen LogP contribution in [0.2, 0.25) is 0 Å². The second kappa shape index (κ2) is 4.62. The van der Waals surface area contributed by atoms with Crippen LogP contribution in [0.3, 0.4) is 0 Å². The van der Waals surface area contributed by atoms with Crippen LogP contribution in [0.5, 0.6) is 5.75 Å². The van der Waals surface area contributed by atoms with E-state index >= 15 is 0 Å². The zero-order valence-corrected chi connectivity index (χ0v) is 7.97. The molecule has 0 bridgehead atoms. The predicted molar refractivity (Wildman–Crippen MR) is 48.9 cm³/mol. The average molecular weight is 247 g/mol. The fourth-order valence-corrected chi connectivity index (χ4v) is 1.02. The van der Waals surface area contributed by atoms with Gasteiger partial charge in [-0.15, -0.1) is 13.2 Å². The summed E-state index contributed by atoms with van der Waals surface area (Å²) in [6.07, 6.45) is -4.92. The summed E-state index contributed by atoms with van der Waals surface area (Å²) in [6.45, 7) is 0. The standard InChI is InChI=1S/C8H4F3N3O3/c9-8(10,11)17-4-1-2-6(13-14-12)5(3-4)7(15)16/h1-3H,(H,15,16). The summed E-state index contributed by atoms with van der Waals surface area (Å²) in [5.74, 6) is -2.23. The van der Waals surface area contributed by atoms with Crippen LogP contribution >= 0.6 is 0 Å². The Morgan fingerprint density at radius 2 is 2.12 bits per heavy atom. The SMILES string of the molecule is [N-]=[N+]=Nc1ccc(OC(F)(F)F)cc1C(=O)O. The molecule has 0 aliphatic rings. The molecule has 0 radical (unpaired) electrons. The summed E-state index contributed by atoms with van der Waals surface area (Å²) < 4.78 is 39.1. The second-order valence-corrected chi connectivity index (χ2v) is 2.72. The van der Waals surface area contributed by atoms with Crippen LogP contribution in [0.15, 0.2) is 23.3 Å². The van der Waals surface area contributed by atoms with Crippen molar-refractivity contribution in [3.63, 3.8) is 0 Å². The second-order valence-electron chi connectivity index (χ2n) is 2.72. The topological polar surface area (TPSA) is 95.3 Å². The number of benzene rings is 1. The highest BCUT2D eigenvalue weighted by Gasteiger charge is 2.31. The van der Waals surface area contributed by atoms with Gasteiger partial charge >= 0.3 is 12.3 Å². The van der Waals surface area contributed by atoms with Gasteiger partial charge < -0.3 is 9.84 Å². The zero-order valence-electron chi connectivity index (χ0n) is 7.97. The van der Waals surface area contributed by atoms with Crippen LogP contribution in [0.4, 0.5) is 18.9 Å². The molecule has 0 aromatic heterocycles. The van der Waals surface area contributed by atoms with Gasteiger partial charge in [-0.25, -0.2) is 4.79 Å². The van der Waals surface area contributed by atoms with Crippen molar-refractivity contribution in [2.45, 2.75) is 6.36 Å². The lowest BCUT2D eigenvalue weighted by Crippen LogP contribution is -2.17. The number of halogens is 3. The molecule has 0 aliphatic heterocycles. The van der Waals surface area contributed by atoms with Crippen molar-refractivity contribution in [3.8, 4) is 5.75 Å². The minimum Gasteiger partial charge on any atom is -0.478 e. The summed E-state index contributed by atoms with van der Waals surface area (Å²) in [5.41, 5.74) is 7.26. The van der Waals surface area contributed by atoms with Gasteiger partial charge in [-0.1, -0.05) is 5.11 Å². The number of carboxylic acid groups (broad SMARTS) is 1. The third-order valence-electron chi connectivity index (χ3n) is 1.58. The molecule has 1 aromatic carbocycles. The Hall–Kier alpha value is -2.41. The lowest BCUT2D eigenvalue weighted by atomic mass is 10.2. The minimum absolute atomic E-state index is 0.297. The quantitative estimate of drug-likeness (QED) is 0.504. The average Bonchev–Trinajstić information content (AvgIpc) is 2.18. The van der Waals surface area contributed by atoms with Crippen LogP contribution in [0.1, 0.15) is 10.4 Å². The number of nitrogens with zero attached hydrogens (tertiary/aromatic N) is 3. The molecule has 0 atom stereocenters. The molecule has 0 fully saturated rings. The number of hydrogen-bond donors (Lipinski definition) is 1. The van der Waals surface area contributed by atoms with Gasteiger partial charge in [0.15, 0.2) is 0 Å². The molecule has 0 heterocycles. The molecule has 90 valence electrons. The number of hydrogen-bond acceptors (Lipinski definition) is 3. The van der Waals surface area contributed by atoms with Crippen LogP contribution < -0.4 is 4.74 Å². The van der Waals surface area contributed by atoms with E-state index in [1.165, 1.54) is 0 Å². The lowest BCUT2D eigenvalue weighted by Gasteiger charge is -2.09. The summed E-state index contributed by atoms with van der Waals surface area (Å²) in [5, 5.41) is 11.7. The molecule has 6 nitrogen and oxygen atoms in total. The largest absolute Gasteiger partial charge is 0.573 e. The fourth-order valence-electron chi connectivity index (χ4n) is 1.02. The zero-order chi connectivity index (χ0) is 13.1. The van der Waals surface area contributed by atoms with Gasteiger partial charge in [0.2, 0.25) is 0 Å². The van der Waals surface area contributed by atoms with E-state index in [0.29, 0.717) is 6.07 Å². The maximum atomic E-state index is 11.9. The Morgan fingerprint density at radius 3 is 2.59 bits per heavy atom. The molecule has 0 aliphatic carbocycles. The Labute approximate surface area is 91.9 Å². The highest BCUT2D eigenvalue weighted by atomic mass is 19.4. The van der Waals surface area contributed by atoms with Crippen molar-refractivity contribution in [2.24, 2.45) is 5.11 Å². The number of alkyl halides is 3. The molecule has 0 saturated carbocycles. The molecule has 9 heteroatoms. The lowest BCUT2D eigenvalue weighted by molar-refractivity contribution is -0.274. The van der Waals surface area contributed by atoms with E-state index in [1.54, 1.807) is 0 Å². The minimum atomic E-state index is -4.92. The number of ether oxygens (including phenoxy) is 1. The smallest absolute Gasteiger partial charge is 0.478 e. The Balaban J connectivity index is 3.19. The summed E-state index contributed by atoms with van der Waals surface area (Å²) in [4.78, 5) is 13.0. The van der Waals surface area contributed by atoms with Crippen molar-refractivity contribution in [3.05, 3.63) is 34.2 Å². The molecule has 0 unspecified atom stereocenters. The van der Waals surface area contributed by atoms with Crippen molar-refractivity contribution in [1.29, 1.82) is 0 Å². The summed E-state index contributed by atoms with van der Waals surface area (Å²) in [7, 11) is 0. The van der Waals surface area contributed by atoms with Gasteiger partial charge in [-0.3, -0.25) is 0 Å². The Morgan fingerprint density at radius 1 is 1.47 bits per heavy atom. The monoisotopic (exact) mass is 247 g/mol. The number of rotatable bonds is 3. The highest BCUT2D eigenvalue weighted by molar-refractivity contribution is 5.93. The molecule has 0 spiro atoms. The highest BCUT2D eigenvalue weighted by Crippen LogP contribution is 2.28. The van der Waals surface area contributed by atoms with Crippen LogP contribution in [-0.2, 0) is 0 Å². The first-order chi connectivity index (χ1) is 7.83. The normalized spacial score (nSPS) is 10.5. The van der Waals surface area contributed by atoms with E-state index in [1.807, 2.05) is 0 Å². The third kappa shape index (κ3) is 3.58. The molecule has 0 amide bonds. The predicted octanol–water partition coefficient (Wildman–Crippen LogP) is 3.23. The number of azide groups is 1. The van der Waals surface area contributed by atoms with Crippen molar-refractivity contribution in [1.82, 2.24) is 0 Å². The first-order valence-electron chi connectivity index (χ1n) is 4.01. The van der Waals surface area contributed by atoms with E-state index in [0.717, 1.165) is 12.1 Å². The van der Waals surface area contributed by atoms with Gasteiger partial charge in [0.25, 0.3) is 0 Å². The molecular weight excluding hydrogens is 243 g/mol.